The first-order valence-corrected chi connectivity index (χ1v) is 4.79. The Bertz CT molecular complexity index is 455. The summed E-state index contributed by atoms with van der Waals surface area (Å²) in [6, 6.07) is 5.32. The van der Waals surface area contributed by atoms with Crippen LogP contribution in [0.3, 0.4) is 0 Å². The third-order valence-electron chi connectivity index (χ3n) is 2.07. The van der Waals surface area contributed by atoms with Crippen LogP contribution in [-0.2, 0) is 11.3 Å². The van der Waals surface area contributed by atoms with Crippen molar-refractivity contribution in [3.8, 4) is 6.07 Å². The Morgan fingerprint density at radius 2 is 2.00 bits per heavy atom. The van der Waals surface area contributed by atoms with Crippen LogP contribution < -0.4 is 0 Å². The van der Waals surface area contributed by atoms with Gasteiger partial charge in [0.25, 0.3) is 0 Å². The molecule has 0 saturated heterocycles. The Hall–Kier alpha value is -1.68. The molecule has 2 nitrogen and oxygen atoms in total. The van der Waals surface area contributed by atoms with Crippen LogP contribution in [0, 0.1) is 17.1 Å². The van der Waals surface area contributed by atoms with Crippen molar-refractivity contribution in [1.82, 2.24) is 0 Å². The van der Waals surface area contributed by atoms with Gasteiger partial charge < -0.3 is 4.74 Å². The lowest BCUT2D eigenvalue weighted by Gasteiger charge is -2.15. The van der Waals surface area contributed by atoms with Crippen LogP contribution in [0.15, 0.2) is 18.2 Å². The highest BCUT2D eigenvalue weighted by Crippen LogP contribution is 2.23. The van der Waals surface area contributed by atoms with E-state index in [-0.39, 0.29) is 11.1 Å². The molecule has 0 aliphatic heterocycles. The second kappa shape index (κ2) is 5.78. The number of alkyl halides is 4. The van der Waals surface area contributed by atoms with Gasteiger partial charge >= 0.3 is 12.3 Å². The minimum absolute atomic E-state index is 0.140. The van der Waals surface area contributed by atoms with Crippen molar-refractivity contribution in [2.24, 2.45) is 0 Å². The average molecular weight is 265 g/mol. The molecule has 0 radical (unpaired) electrons. The molecule has 0 heterocycles. The standard InChI is InChI=1S/C11H8F5NO/c12-9-7(4-17)2-1-3-8(9)5-18-6-11(15,16)10(13)14/h1-3,10H,5-6H2. The molecule has 1 rings (SSSR count). The lowest BCUT2D eigenvalue weighted by atomic mass is 10.1. The van der Waals surface area contributed by atoms with Crippen molar-refractivity contribution in [1.29, 1.82) is 5.26 Å². The van der Waals surface area contributed by atoms with Crippen LogP contribution in [0.25, 0.3) is 0 Å². The Labute approximate surface area is 99.6 Å². The molecule has 0 amide bonds. The van der Waals surface area contributed by atoms with Gasteiger partial charge in [-0.05, 0) is 6.07 Å². The first-order chi connectivity index (χ1) is 8.38. The fraction of sp³-hybridized carbons (Fsp3) is 0.364. The van der Waals surface area contributed by atoms with Crippen LogP contribution in [0.2, 0.25) is 0 Å². The van der Waals surface area contributed by atoms with Gasteiger partial charge in [0.2, 0.25) is 0 Å². The van der Waals surface area contributed by atoms with Gasteiger partial charge in [0, 0.05) is 5.56 Å². The lowest BCUT2D eigenvalue weighted by molar-refractivity contribution is -0.168. The van der Waals surface area contributed by atoms with Gasteiger partial charge in [-0.1, -0.05) is 12.1 Å². The lowest BCUT2D eigenvalue weighted by Crippen LogP contribution is -2.32. The van der Waals surface area contributed by atoms with Crippen LogP contribution in [0.5, 0.6) is 0 Å². The smallest absolute Gasteiger partial charge is 0.330 e. The summed E-state index contributed by atoms with van der Waals surface area (Å²) in [6.07, 6.45) is -3.84. The van der Waals surface area contributed by atoms with Crippen molar-refractivity contribution in [3.63, 3.8) is 0 Å². The molecule has 0 saturated carbocycles. The van der Waals surface area contributed by atoms with Crippen molar-refractivity contribution < 1.29 is 26.7 Å². The number of hydrogen-bond acceptors (Lipinski definition) is 2. The zero-order valence-electron chi connectivity index (χ0n) is 8.97. The molecule has 1 aromatic rings. The van der Waals surface area contributed by atoms with Crippen LogP contribution in [0.1, 0.15) is 11.1 Å². The summed E-state index contributed by atoms with van der Waals surface area (Å²) >= 11 is 0. The molecule has 0 aromatic heterocycles. The van der Waals surface area contributed by atoms with Crippen molar-refractivity contribution in [2.75, 3.05) is 6.61 Å². The highest BCUT2D eigenvalue weighted by molar-refractivity contribution is 5.34. The van der Waals surface area contributed by atoms with Gasteiger partial charge in [0.05, 0.1) is 12.2 Å². The molecule has 0 bridgehead atoms. The van der Waals surface area contributed by atoms with E-state index in [4.69, 9.17) is 5.26 Å². The molecule has 0 unspecified atom stereocenters. The van der Waals surface area contributed by atoms with E-state index in [1.165, 1.54) is 18.2 Å². The molecule has 7 heteroatoms. The Morgan fingerprint density at radius 3 is 2.56 bits per heavy atom. The predicted molar refractivity (Wildman–Crippen MR) is 51.7 cm³/mol. The normalized spacial score (nSPS) is 11.6. The Morgan fingerprint density at radius 1 is 1.33 bits per heavy atom. The quantitative estimate of drug-likeness (QED) is 0.766. The maximum atomic E-state index is 13.4. The molecular weight excluding hydrogens is 257 g/mol. The zero-order valence-corrected chi connectivity index (χ0v) is 8.97. The molecule has 0 fully saturated rings. The molecule has 0 aliphatic carbocycles. The minimum atomic E-state index is -4.27. The fourth-order valence-electron chi connectivity index (χ4n) is 1.14. The zero-order chi connectivity index (χ0) is 13.8. The third kappa shape index (κ3) is 3.40. The van der Waals surface area contributed by atoms with Gasteiger partial charge in [-0.15, -0.1) is 0 Å². The van der Waals surface area contributed by atoms with E-state index in [2.05, 4.69) is 4.74 Å². The molecule has 0 N–H and O–H groups in total. The highest BCUT2D eigenvalue weighted by atomic mass is 19.3. The fourth-order valence-corrected chi connectivity index (χ4v) is 1.14. The number of nitrogens with zero attached hydrogens (tertiary/aromatic N) is 1. The predicted octanol–water partition coefficient (Wildman–Crippen LogP) is 3.11. The van der Waals surface area contributed by atoms with Crippen molar-refractivity contribution in [3.05, 3.63) is 35.1 Å². The second-order valence-corrected chi connectivity index (χ2v) is 3.45. The summed E-state index contributed by atoms with van der Waals surface area (Å²) in [7, 11) is 0. The first-order valence-electron chi connectivity index (χ1n) is 4.79. The summed E-state index contributed by atoms with van der Waals surface area (Å²) in [5.74, 6) is -5.18. The number of ether oxygens (including phenoxy) is 1. The minimum Gasteiger partial charge on any atom is -0.370 e. The van der Waals surface area contributed by atoms with Crippen molar-refractivity contribution in [2.45, 2.75) is 19.0 Å². The maximum Gasteiger partial charge on any atom is 0.330 e. The molecular formula is C11H8F5NO. The van der Waals surface area contributed by atoms with Gasteiger partial charge in [-0.3, -0.25) is 0 Å². The van der Waals surface area contributed by atoms with Gasteiger partial charge in [-0.2, -0.15) is 14.0 Å². The van der Waals surface area contributed by atoms with E-state index in [0.717, 1.165) is 0 Å². The summed E-state index contributed by atoms with van der Waals surface area (Å²) in [5.41, 5.74) is -0.407. The summed E-state index contributed by atoms with van der Waals surface area (Å²) in [5, 5.41) is 8.52. The summed E-state index contributed by atoms with van der Waals surface area (Å²) in [6.45, 7) is -2.12. The van der Waals surface area contributed by atoms with Crippen LogP contribution in [0.4, 0.5) is 22.0 Å². The largest absolute Gasteiger partial charge is 0.370 e. The molecule has 18 heavy (non-hydrogen) atoms. The van der Waals surface area contributed by atoms with E-state index >= 15 is 0 Å². The molecule has 98 valence electrons. The average Bonchev–Trinajstić information content (AvgIpc) is 2.31. The number of rotatable bonds is 5. The van der Waals surface area contributed by atoms with Gasteiger partial charge in [-0.25, -0.2) is 13.2 Å². The number of halogens is 5. The number of nitriles is 1. The van der Waals surface area contributed by atoms with Crippen LogP contribution >= 0.6 is 0 Å². The SMILES string of the molecule is N#Cc1cccc(COCC(F)(F)C(F)F)c1F. The third-order valence-corrected chi connectivity index (χ3v) is 2.07. The first kappa shape index (κ1) is 14.4. The molecule has 0 spiro atoms. The van der Waals surface area contributed by atoms with E-state index in [9.17, 15) is 22.0 Å². The maximum absolute atomic E-state index is 13.4. The Balaban J connectivity index is 2.63. The molecule has 0 atom stereocenters. The molecule has 1 aromatic carbocycles. The van der Waals surface area contributed by atoms with Gasteiger partial charge in [0.15, 0.2) is 0 Å². The number of benzene rings is 1. The number of hydrogen-bond donors (Lipinski definition) is 0. The van der Waals surface area contributed by atoms with E-state index < -0.39 is 31.4 Å². The van der Waals surface area contributed by atoms with E-state index in [1.54, 1.807) is 6.07 Å². The summed E-state index contributed by atoms with van der Waals surface area (Å²) in [4.78, 5) is 0. The van der Waals surface area contributed by atoms with E-state index in [0.29, 0.717) is 0 Å². The van der Waals surface area contributed by atoms with Crippen LogP contribution in [-0.4, -0.2) is 19.0 Å². The molecule has 0 aliphatic rings. The summed E-state index contributed by atoms with van der Waals surface area (Å²) < 4.78 is 66.3. The van der Waals surface area contributed by atoms with Gasteiger partial charge in [0.1, 0.15) is 18.5 Å². The van der Waals surface area contributed by atoms with E-state index in [1.807, 2.05) is 0 Å². The topological polar surface area (TPSA) is 33.0 Å². The monoisotopic (exact) mass is 265 g/mol. The Kier molecular flexibility index (Phi) is 4.62. The van der Waals surface area contributed by atoms with Crippen molar-refractivity contribution >= 4 is 0 Å². The highest BCUT2D eigenvalue weighted by Gasteiger charge is 2.40. The second-order valence-electron chi connectivity index (χ2n) is 3.45.